The van der Waals surface area contributed by atoms with Crippen LogP contribution < -0.4 is 5.32 Å². The van der Waals surface area contributed by atoms with Gasteiger partial charge in [-0.1, -0.05) is 6.92 Å². The molecule has 0 aliphatic carbocycles. The molecule has 0 bridgehead atoms. The van der Waals surface area contributed by atoms with Gasteiger partial charge in [0, 0.05) is 13.7 Å². The number of hydrogen-bond donors (Lipinski definition) is 2. The lowest BCUT2D eigenvalue weighted by Crippen LogP contribution is -2.50. The maximum Gasteiger partial charge on any atom is 0.323 e. The molecule has 5 nitrogen and oxygen atoms in total. The highest BCUT2D eigenvalue weighted by molar-refractivity contribution is 5.78. The molecule has 118 valence electrons. The highest BCUT2D eigenvalue weighted by atomic mass is 16.5. The number of nitrogens with one attached hydrogen (secondary N) is 1. The molecule has 1 atom stereocenters. The van der Waals surface area contributed by atoms with E-state index in [1.54, 1.807) is 14.2 Å². The fourth-order valence-corrected chi connectivity index (χ4v) is 3.06. The fourth-order valence-electron chi connectivity index (χ4n) is 3.06. The number of piperidine rings is 1. The summed E-state index contributed by atoms with van der Waals surface area (Å²) in [5.74, 6) is -0.0383. The van der Waals surface area contributed by atoms with Crippen molar-refractivity contribution in [2.45, 2.75) is 44.6 Å². The average Bonchev–Trinajstić information content (AvgIpc) is 2.46. The van der Waals surface area contributed by atoms with Gasteiger partial charge in [-0.15, -0.1) is 0 Å². The van der Waals surface area contributed by atoms with Gasteiger partial charge in [0.05, 0.1) is 0 Å². The minimum Gasteiger partial charge on any atom is -0.480 e. The largest absolute Gasteiger partial charge is 0.480 e. The third-order valence-corrected chi connectivity index (χ3v) is 4.68. The number of nitrogens with zero attached hydrogens (tertiary/aromatic N) is 1. The van der Waals surface area contributed by atoms with Crippen LogP contribution in [0.4, 0.5) is 0 Å². The van der Waals surface area contributed by atoms with Gasteiger partial charge in [-0.05, 0) is 64.7 Å². The Morgan fingerprint density at radius 2 is 2.10 bits per heavy atom. The Morgan fingerprint density at radius 1 is 1.45 bits per heavy atom. The summed E-state index contributed by atoms with van der Waals surface area (Å²) >= 11 is 0. The Balaban J connectivity index is 2.29. The van der Waals surface area contributed by atoms with Gasteiger partial charge in [-0.25, -0.2) is 0 Å². The number of ether oxygens (including phenoxy) is 1. The van der Waals surface area contributed by atoms with Crippen molar-refractivity contribution in [3.05, 3.63) is 0 Å². The Hall–Kier alpha value is -0.650. The zero-order valence-corrected chi connectivity index (χ0v) is 13.2. The predicted octanol–water partition coefficient (Wildman–Crippen LogP) is 1.58. The number of hydrogen-bond acceptors (Lipinski definition) is 4. The van der Waals surface area contributed by atoms with Crippen LogP contribution in [0.1, 0.15) is 39.0 Å². The number of likely N-dealkylation sites (N-methyl/N-ethyl adjacent to an activating group) is 1. The van der Waals surface area contributed by atoms with E-state index in [4.69, 9.17) is 4.74 Å². The molecular weight excluding hydrogens is 256 g/mol. The lowest BCUT2D eigenvalue weighted by atomic mass is 9.90. The molecule has 0 aromatic rings. The maximum atomic E-state index is 11.4. The predicted molar refractivity (Wildman–Crippen MR) is 80.0 cm³/mol. The SMILES string of the molecule is CCC(CCCN1CCC(COC)CC1)(NC)C(=O)O. The Bertz CT molecular complexity index is 285. The van der Waals surface area contributed by atoms with Crippen molar-refractivity contribution >= 4 is 5.97 Å². The van der Waals surface area contributed by atoms with Crippen LogP contribution in [-0.4, -0.2) is 61.9 Å². The summed E-state index contributed by atoms with van der Waals surface area (Å²) in [6.45, 7) is 6.02. The summed E-state index contributed by atoms with van der Waals surface area (Å²) in [7, 11) is 3.51. The number of rotatable bonds is 9. The zero-order valence-electron chi connectivity index (χ0n) is 13.2. The summed E-state index contributed by atoms with van der Waals surface area (Å²) in [6.07, 6.45) is 4.62. The Labute approximate surface area is 122 Å². The minimum absolute atomic E-state index is 0.620. The molecule has 1 aliphatic rings. The first-order valence-corrected chi connectivity index (χ1v) is 7.71. The minimum atomic E-state index is -0.756. The standard InChI is InChI=1S/C15H30N2O3/c1-4-15(16-2,14(18)19)8-5-9-17-10-6-13(7-11-17)12-20-3/h13,16H,4-12H2,1-3H3,(H,18,19). The van der Waals surface area contributed by atoms with Crippen molar-refractivity contribution in [3.8, 4) is 0 Å². The van der Waals surface area contributed by atoms with E-state index in [0.717, 1.165) is 32.7 Å². The van der Waals surface area contributed by atoms with E-state index in [9.17, 15) is 9.90 Å². The molecule has 1 saturated heterocycles. The van der Waals surface area contributed by atoms with E-state index >= 15 is 0 Å². The summed E-state index contributed by atoms with van der Waals surface area (Å²) in [5.41, 5.74) is -0.756. The zero-order chi connectivity index (χ0) is 15.0. The summed E-state index contributed by atoms with van der Waals surface area (Å²) in [4.78, 5) is 13.8. The van der Waals surface area contributed by atoms with Crippen molar-refractivity contribution in [3.63, 3.8) is 0 Å². The molecule has 20 heavy (non-hydrogen) atoms. The molecule has 1 fully saturated rings. The molecule has 5 heteroatoms. The molecule has 1 unspecified atom stereocenters. The van der Waals surface area contributed by atoms with E-state index < -0.39 is 11.5 Å². The Morgan fingerprint density at radius 3 is 2.55 bits per heavy atom. The van der Waals surface area contributed by atoms with Crippen LogP contribution in [0.5, 0.6) is 0 Å². The normalized spacial score (nSPS) is 20.8. The maximum absolute atomic E-state index is 11.4. The molecule has 1 aliphatic heterocycles. The second-order valence-electron chi connectivity index (χ2n) is 5.83. The first kappa shape index (κ1) is 17.4. The third kappa shape index (κ3) is 4.72. The van der Waals surface area contributed by atoms with Crippen LogP contribution >= 0.6 is 0 Å². The van der Waals surface area contributed by atoms with Crippen molar-refractivity contribution in [2.75, 3.05) is 40.4 Å². The number of carboxylic acids is 1. The van der Waals surface area contributed by atoms with Crippen molar-refractivity contribution < 1.29 is 14.6 Å². The number of carbonyl (C=O) groups is 1. The smallest absolute Gasteiger partial charge is 0.323 e. The molecule has 0 aromatic carbocycles. The lowest BCUT2D eigenvalue weighted by molar-refractivity contribution is -0.145. The van der Waals surface area contributed by atoms with Crippen LogP contribution in [0.2, 0.25) is 0 Å². The number of likely N-dealkylation sites (tertiary alicyclic amines) is 1. The molecule has 0 radical (unpaired) electrons. The van der Waals surface area contributed by atoms with Gasteiger partial charge in [-0.3, -0.25) is 4.79 Å². The second-order valence-corrected chi connectivity index (χ2v) is 5.83. The van der Waals surface area contributed by atoms with Crippen molar-refractivity contribution in [1.82, 2.24) is 10.2 Å². The molecule has 1 heterocycles. The van der Waals surface area contributed by atoms with Crippen LogP contribution in [-0.2, 0) is 9.53 Å². The molecule has 1 rings (SSSR count). The van der Waals surface area contributed by atoms with E-state index in [2.05, 4.69) is 10.2 Å². The van der Waals surface area contributed by atoms with E-state index in [0.29, 0.717) is 18.8 Å². The van der Waals surface area contributed by atoms with Gasteiger partial charge >= 0.3 is 5.97 Å². The molecule has 0 aromatic heterocycles. The lowest BCUT2D eigenvalue weighted by Gasteiger charge is -2.33. The van der Waals surface area contributed by atoms with E-state index in [1.165, 1.54) is 12.8 Å². The van der Waals surface area contributed by atoms with E-state index in [1.807, 2.05) is 6.92 Å². The quantitative estimate of drug-likeness (QED) is 0.674. The first-order valence-electron chi connectivity index (χ1n) is 7.71. The summed E-state index contributed by atoms with van der Waals surface area (Å²) in [5, 5.41) is 12.4. The molecule has 0 amide bonds. The third-order valence-electron chi connectivity index (χ3n) is 4.68. The molecule has 0 spiro atoms. The summed E-state index contributed by atoms with van der Waals surface area (Å²) < 4.78 is 5.21. The van der Waals surface area contributed by atoms with Crippen molar-refractivity contribution in [1.29, 1.82) is 0 Å². The molecule has 0 saturated carbocycles. The van der Waals surface area contributed by atoms with Crippen LogP contribution in [0.15, 0.2) is 0 Å². The average molecular weight is 286 g/mol. The van der Waals surface area contributed by atoms with Gasteiger partial charge < -0.3 is 20.1 Å². The fraction of sp³-hybridized carbons (Fsp3) is 0.933. The number of aliphatic carboxylic acids is 1. The van der Waals surface area contributed by atoms with Gasteiger partial charge in [0.1, 0.15) is 5.54 Å². The molecule has 2 N–H and O–H groups in total. The first-order chi connectivity index (χ1) is 9.57. The van der Waals surface area contributed by atoms with Gasteiger partial charge in [0.25, 0.3) is 0 Å². The van der Waals surface area contributed by atoms with E-state index in [-0.39, 0.29) is 0 Å². The topological polar surface area (TPSA) is 61.8 Å². The Kier molecular flexibility index (Phi) is 7.48. The van der Waals surface area contributed by atoms with Gasteiger partial charge in [0.2, 0.25) is 0 Å². The number of methoxy groups -OCH3 is 1. The van der Waals surface area contributed by atoms with Crippen LogP contribution in [0.3, 0.4) is 0 Å². The van der Waals surface area contributed by atoms with Crippen LogP contribution in [0, 0.1) is 5.92 Å². The monoisotopic (exact) mass is 286 g/mol. The van der Waals surface area contributed by atoms with Gasteiger partial charge in [0.15, 0.2) is 0 Å². The van der Waals surface area contributed by atoms with Gasteiger partial charge in [-0.2, -0.15) is 0 Å². The summed E-state index contributed by atoms with van der Waals surface area (Å²) in [6, 6.07) is 0. The highest BCUT2D eigenvalue weighted by Crippen LogP contribution is 2.20. The van der Waals surface area contributed by atoms with Crippen molar-refractivity contribution in [2.24, 2.45) is 5.92 Å². The molecular formula is C15H30N2O3. The highest BCUT2D eigenvalue weighted by Gasteiger charge is 2.34. The van der Waals surface area contributed by atoms with Crippen LogP contribution in [0.25, 0.3) is 0 Å². The second kappa shape index (κ2) is 8.60. The number of carboxylic acid groups (broad SMARTS) is 1.